The summed E-state index contributed by atoms with van der Waals surface area (Å²) in [5.74, 6) is 0.916. The molecule has 82 valence electrons. The smallest absolute Gasteiger partial charge is 0.0294 e. The van der Waals surface area contributed by atoms with Crippen LogP contribution in [0.4, 0.5) is 0 Å². The van der Waals surface area contributed by atoms with E-state index in [1.165, 1.54) is 18.4 Å². The summed E-state index contributed by atoms with van der Waals surface area (Å²) in [6, 6.07) is 9.64. The number of benzene rings is 1. The summed E-state index contributed by atoms with van der Waals surface area (Å²) in [4.78, 5) is 0. The minimum Gasteiger partial charge on any atom is -0.307 e. The molecular formula is C13H18BrN. The van der Waals surface area contributed by atoms with Crippen molar-refractivity contribution in [2.75, 3.05) is 0 Å². The summed E-state index contributed by atoms with van der Waals surface area (Å²) < 4.78 is 1.16. The number of halogens is 1. The van der Waals surface area contributed by atoms with Gasteiger partial charge in [0.1, 0.15) is 0 Å². The highest BCUT2D eigenvalue weighted by Crippen LogP contribution is 2.33. The lowest BCUT2D eigenvalue weighted by atomic mass is 10.1. The highest BCUT2D eigenvalue weighted by atomic mass is 79.9. The van der Waals surface area contributed by atoms with Crippen LogP contribution in [-0.2, 0) is 0 Å². The molecule has 0 radical (unpaired) electrons. The molecule has 1 aromatic rings. The third-order valence-electron chi connectivity index (χ3n) is 3.19. The zero-order chi connectivity index (χ0) is 10.8. The second kappa shape index (κ2) is 4.67. The molecule has 0 bridgehead atoms. The Morgan fingerprint density at radius 2 is 2.07 bits per heavy atom. The maximum absolute atomic E-state index is 3.66. The summed E-state index contributed by atoms with van der Waals surface area (Å²) in [5.41, 5.74) is 1.36. The molecule has 15 heavy (non-hydrogen) atoms. The Hall–Kier alpha value is -0.340. The molecule has 0 unspecified atom stereocenters. The normalized spacial score (nSPS) is 19.9. The van der Waals surface area contributed by atoms with E-state index in [1.54, 1.807) is 0 Å². The molecule has 0 aliphatic heterocycles. The van der Waals surface area contributed by atoms with Gasteiger partial charge in [0.15, 0.2) is 0 Å². The molecular weight excluding hydrogens is 250 g/mol. The first-order valence-electron chi connectivity index (χ1n) is 5.68. The summed E-state index contributed by atoms with van der Waals surface area (Å²) in [7, 11) is 0. The van der Waals surface area contributed by atoms with Gasteiger partial charge in [0.25, 0.3) is 0 Å². The molecule has 0 saturated heterocycles. The van der Waals surface area contributed by atoms with E-state index in [4.69, 9.17) is 0 Å². The van der Waals surface area contributed by atoms with Crippen LogP contribution in [0.1, 0.15) is 38.3 Å². The van der Waals surface area contributed by atoms with E-state index in [-0.39, 0.29) is 0 Å². The monoisotopic (exact) mass is 267 g/mol. The van der Waals surface area contributed by atoms with E-state index >= 15 is 0 Å². The molecule has 0 amide bonds. The van der Waals surface area contributed by atoms with Crippen molar-refractivity contribution in [3.63, 3.8) is 0 Å². The first kappa shape index (κ1) is 11.2. The van der Waals surface area contributed by atoms with Gasteiger partial charge in [-0.25, -0.2) is 0 Å². The highest BCUT2D eigenvalue weighted by molar-refractivity contribution is 9.10. The summed E-state index contributed by atoms with van der Waals surface area (Å²) in [5, 5.41) is 3.66. The van der Waals surface area contributed by atoms with E-state index in [0.717, 1.165) is 10.4 Å². The predicted octanol–water partition coefficient (Wildman–Crippen LogP) is 3.90. The van der Waals surface area contributed by atoms with Crippen LogP contribution in [-0.4, -0.2) is 6.04 Å². The third kappa shape index (κ3) is 3.05. The molecule has 1 aliphatic carbocycles. The van der Waals surface area contributed by atoms with Gasteiger partial charge in [-0.2, -0.15) is 0 Å². The van der Waals surface area contributed by atoms with E-state index in [2.05, 4.69) is 59.4 Å². The molecule has 0 aromatic heterocycles. The number of hydrogen-bond acceptors (Lipinski definition) is 1. The molecule has 2 heteroatoms. The Bertz CT molecular complexity index is 333. The number of rotatable bonds is 4. The van der Waals surface area contributed by atoms with Crippen molar-refractivity contribution in [1.29, 1.82) is 0 Å². The number of hydrogen-bond donors (Lipinski definition) is 1. The van der Waals surface area contributed by atoms with Gasteiger partial charge in [-0.3, -0.25) is 0 Å². The van der Waals surface area contributed by atoms with Crippen LogP contribution in [0, 0.1) is 5.92 Å². The standard InChI is InChI=1S/C13H18BrN/c1-9(11-6-7-11)15-10(2)12-4-3-5-13(14)8-12/h3-5,8-11,15H,6-7H2,1-2H3/t9-,10+/m1/s1. The first-order valence-corrected chi connectivity index (χ1v) is 6.47. The molecule has 1 aromatic carbocycles. The van der Waals surface area contributed by atoms with Crippen molar-refractivity contribution < 1.29 is 0 Å². The Balaban J connectivity index is 1.97. The lowest BCUT2D eigenvalue weighted by Gasteiger charge is -2.20. The fourth-order valence-corrected chi connectivity index (χ4v) is 2.42. The predicted molar refractivity (Wildman–Crippen MR) is 67.9 cm³/mol. The first-order chi connectivity index (χ1) is 7.16. The quantitative estimate of drug-likeness (QED) is 0.873. The zero-order valence-corrected chi connectivity index (χ0v) is 10.9. The molecule has 2 rings (SSSR count). The maximum Gasteiger partial charge on any atom is 0.0294 e. The summed E-state index contributed by atoms with van der Waals surface area (Å²) >= 11 is 3.51. The second-order valence-corrected chi connectivity index (χ2v) is 5.49. The molecule has 1 fully saturated rings. The molecule has 1 N–H and O–H groups in total. The van der Waals surface area contributed by atoms with E-state index < -0.39 is 0 Å². The van der Waals surface area contributed by atoms with Gasteiger partial charge in [0.05, 0.1) is 0 Å². The van der Waals surface area contributed by atoms with Crippen LogP contribution < -0.4 is 5.32 Å². The van der Waals surface area contributed by atoms with Crippen LogP contribution in [0.15, 0.2) is 28.7 Å². The maximum atomic E-state index is 3.66. The van der Waals surface area contributed by atoms with Crippen LogP contribution >= 0.6 is 15.9 Å². The van der Waals surface area contributed by atoms with Crippen LogP contribution in [0.5, 0.6) is 0 Å². The minimum absolute atomic E-state index is 0.443. The van der Waals surface area contributed by atoms with E-state index in [0.29, 0.717) is 12.1 Å². The van der Waals surface area contributed by atoms with E-state index in [1.807, 2.05) is 0 Å². The van der Waals surface area contributed by atoms with Crippen molar-refractivity contribution in [2.24, 2.45) is 5.92 Å². The van der Waals surface area contributed by atoms with Crippen molar-refractivity contribution in [3.05, 3.63) is 34.3 Å². The zero-order valence-electron chi connectivity index (χ0n) is 9.33. The Labute approximate surface area is 100 Å². The topological polar surface area (TPSA) is 12.0 Å². The van der Waals surface area contributed by atoms with Gasteiger partial charge in [-0.05, 0) is 50.3 Å². The SMILES string of the molecule is C[C@H](N[C@H](C)C1CC1)c1cccc(Br)c1. The van der Waals surface area contributed by atoms with Crippen LogP contribution in [0.25, 0.3) is 0 Å². The minimum atomic E-state index is 0.443. The lowest BCUT2D eigenvalue weighted by Crippen LogP contribution is -2.30. The average Bonchev–Trinajstić information content (AvgIpc) is 3.00. The fourth-order valence-electron chi connectivity index (χ4n) is 2.00. The van der Waals surface area contributed by atoms with Crippen molar-refractivity contribution in [1.82, 2.24) is 5.32 Å². The van der Waals surface area contributed by atoms with Gasteiger partial charge in [-0.1, -0.05) is 28.1 Å². The molecule has 0 heterocycles. The van der Waals surface area contributed by atoms with Crippen molar-refractivity contribution >= 4 is 15.9 Å². The molecule has 1 nitrogen and oxygen atoms in total. The molecule has 1 saturated carbocycles. The van der Waals surface area contributed by atoms with Gasteiger partial charge in [-0.15, -0.1) is 0 Å². The van der Waals surface area contributed by atoms with Gasteiger partial charge < -0.3 is 5.32 Å². The molecule has 2 atom stereocenters. The van der Waals surface area contributed by atoms with Gasteiger partial charge in [0, 0.05) is 16.6 Å². The molecule has 1 aliphatic rings. The van der Waals surface area contributed by atoms with Gasteiger partial charge >= 0.3 is 0 Å². The largest absolute Gasteiger partial charge is 0.307 e. The van der Waals surface area contributed by atoms with Crippen LogP contribution in [0.3, 0.4) is 0 Å². The number of nitrogens with one attached hydrogen (secondary N) is 1. The van der Waals surface area contributed by atoms with Crippen molar-refractivity contribution in [2.45, 2.75) is 38.8 Å². The lowest BCUT2D eigenvalue weighted by molar-refractivity contribution is 0.441. The summed E-state index contributed by atoms with van der Waals surface area (Å²) in [6.07, 6.45) is 2.80. The molecule has 0 spiro atoms. The fraction of sp³-hybridized carbons (Fsp3) is 0.538. The Morgan fingerprint density at radius 3 is 2.67 bits per heavy atom. The average molecular weight is 268 g/mol. The Kier molecular flexibility index (Phi) is 3.47. The van der Waals surface area contributed by atoms with E-state index in [9.17, 15) is 0 Å². The van der Waals surface area contributed by atoms with Gasteiger partial charge in [0.2, 0.25) is 0 Å². The third-order valence-corrected chi connectivity index (χ3v) is 3.68. The highest BCUT2D eigenvalue weighted by Gasteiger charge is 2.28. The second-order valence-electron chi connectivity index (χ2n) is 4.57. The van der Waals surface area contributed by atoms with Crippen molar-refractivity contribution in [3.8, 4) is 0 Å². The summed E-state index contributed by atoms with van der Waals surface area (Å²) in [6.45, 7) is 4.53. The Morgan fingerprint density at radius 1 is 1.33 bits per heavy atom. The van der Waals surface area contributed by atoms with Crippen LogP contribution in [0.2, 0.25) is 0 Å².